The molecule has 8 heteroatoms. The standard InChI is InChI=1S/C23H21ClN4O3/c24-18-8-6-16(7-9-18)22(30)26-12-2-5-21(29)27-20-4-1-3-17(15-20)23(31)28-19-10-13-25-14-11-19/h1,3-4,6-11,13-15H,2,5,12H2,(H,26,30)(H,27,29)(H,25,28,31). The van der Waals surface area contributed by atoms with Crippen LogP contribution in [0.5, 0.6) is 0 Å². The van der Waals surface area contributed by atoms with Crippen LogP contribution < -0.4 is 16.0 Å². The Kier molecular flexibility index (Phi) is 7.73. The minimum absolute atomic E-state index is 0.201. The van der Waals surface area contributed by atoms with Crippen molar-refractivity contribution in [2.75, 3.05) is 17.2 Å². The maximum Gasteiger partial charge on any atom is 0.255 e. The van der Waals surface area contributed by atoms with Crippen LogP contribution in [0.25, 0.3) is 0 Å². The van der Waals surface area contributed by atoms with Gasteiger partial charge in [0.1, 0.15) is 0 Å². The minimum Gasteiger partial charge on any atom is -0.352 e. The molecule has 0 aliphatic heterocycles. The normalized spacial score (nSPS) is 10.2. The van der Waals surface area contributed by atoms with Crippen molar-refractivity contribution in [1.82, 2.24) is 10.3 Å². The number of nitrogens with one attached hydrogen (secondary N) is 3. The molecule has 3 N–H and O–H groups in total. The molecule has 3 aromatic rings. The van der Waals surface area contributed by atoms with Crippen LogP contribution in [0, 0.1) is 0 Å². The molecule has 158 valence electrons. The van der Waals surface area contributed by atoms with Gasteiger partial charge in [0, 0.05) is 52.9 Å². The number of anilines is 2. The van der Waals surface area contributed by atoms with E-state index in [2.05, 4.69) is 20.9 Å². The summed E-state index contributed by atoms with van der Waals surface area (Å²) in [5.74, 6) is -0.704. The quantitative estimate of drug-likeness (QED) is 0.462. The SMILES string of the molecule is O=C(CCCNC(=O)c1ccc(Cl)cc1)Nc1cccc(C(=O)Nc2ccncc2)c1. The van der Waals surface area contributed by atoms with Crippen molar-refractivity contribution in [1.29, 1.82) is 0 Å². The lowest BCUT2D eigenvalue weighted by molar-refractivity contribution is -0.116. The van der Waals surface area contributed by atoms with Gasteiger partial charge < -0.3 is 16.0 Å². The molecule has 7 nitrogen and oxygen atoms in total. The highest BCUT2D eigenvalue weighted by Crippen LogP contribution is 2.14. The largest absolute Gasteiger partial charge is 0.352 e. The predicted octanol–water partition coefficient (Wildman–Crippen LogP) is 4.14. The van der Waals surface area contributed by atoms with Gasteiger partial charge in [0.05, 0.1) is 0 Å². The number of carbonyl (C=O) groups excluding carboxylic acids is 3. The number of aromatic nitrogens is 1. The van der Waals surface area contributed by atoms with E-state index >= 15 is 0 Å². The Balaban J connectivity index is 1.44. The number of nitrogens with zero attached hydrogens (tertiary/aromatic N) is 1. The molecule has 1 heterocycles. The summed E-state index contributed by atoms with van der Waals surface area (Å²) in [4.78, 5) is 40.5. The number of hydrogen-bond donors (Lipinski definition) is 3. The second-order valence-electron chi connectivity index (χ2n) is 6.69. The summed E-state index contributed by atoms with van der Waals surface area (Å²) < 4.78 is 0. The number of halogens is 1. The van der Waals surface area contributed by atoms with Crippen LogP contribution in [-0.2, 0) is 4.79 Å². The Morgan fingerprint density at radius 3 is 2.29 bits per heavy atom. The average molecular weight is 437 g/mol. The van der Waals surface area contributed by atoms with Gasteiger partial charge in [0.2, 0.25) is 5.91 Å². The van der Waals surface area contributed by atoms with E-state index in [9.17, 15) is 14.4 Å². The topological polar surface area (TPSA) is 100 Å². The molecule has 3 rings (SSSR count). The first-order valence-corrected chi connectivity index (χ1v) is 10.0. The Labute approximate surface area is 184 Å². The van der Waals surface area contributed by atoms with Crippen LogP contribution in [0.2, 0.25) is 5.02 Å². The molecule has 0 fully saturated rings. The second kappa shape index (κ2) is 10.9. The zero-order valence-corrected chi connectivity index (χ0v) is 17.4. The summed E-state index contributed by atoms with van der Waals surface area (Å²) in [6, 6.07) is 16.6. The zero-order chi connectivity index (χ0) is 22.1. The fourth-order valence-corrected chi connectivity index (χ4v) is 2.88. The van der Waals surface area contributed by atoms with Gasteiger partial charge in [-0.1, -0.05) is 17.7 Å². The van der Waals surface area contributed by atoms with Gasteiger partial charge in [-0.15, -0.1) is 0 Å². The number of carbonyl (C=O) groups is 3. The summed E-state index contributed by atoms with van der Waals surface area (Å²) in [7, 11) is 0. The van der Waals surface area contributed by atoms with Crippen molar-refractivity contribution in [2.24, 2.45) is 0 Å². The first-order valence-electron chi connectivity index (χ1n) is 9.66. The van der Waals surface area contributed by atoms with Crippen LogP contribution in [0.1, 0.15) is 33.6 Å². The van der Waals surface area contributed by atoms with Crippen molar-refractivity contribution < 1.29 is 14.4 Å². The van der Waals surface area contributed by atoms with Gasteiger partial charge in [-0.3, -0.25) is 19.4 Å². The lowest BCUT2D eigenvalue weighted by Crippen LogP contribution is -2.25. The van der Waals surface area contributed by atoms with E-state index in [0.29, 0.717) is 40.5 Å². The average Bonchev–Trinajstić information content (AvgIpc) is 2.78. The number of rotatable bonds is 8. The summed E-state index contributed by atoms with van der Waals surface area (Å²) in [6.07, 6.45) is 3.88. The number of pyridine rings is 1. The Morgan fingerprint density at radius 1 is 0.806 bits per heavy atom. The fourth-order valence-electron chi connectivity index (χ4n) is 2.75. The van der Waals surface area contributed by atoms with Crippen molar-refractivity contribution in [3.63, 3.8) is 0 Å². The number of amides is 3. The Hall–Kier alpha value is -3.71. The minimum atomic E-state index is -0.285. The molecule has 0 spiro atoms. The lowest BCUT2D eigenvalue weighted by atomic mass is 10.1. The highest BCUT2D eigenvalue weighted by atomic mass is 35.5. The highest BCUT2D eigenvalue weighted by molar-refractivity contribution is 6.30. The molecule has 0 radical (unpaired) electrons. The molecule has 0 aliphatic carbocycles. The van der Waals surface area contributed by atoms with E-state index in [4.69, 9.17) is 11.6 Å². The van der Waals surface area contributed by atoms with Crippen molar-refractivity contribution >= 4 is 40.7 Å². The summed E-state index contributed by atoms with van der Waals surface area (Å²) in [5, 5.41) is 8.87. The molecule has 1 aromatic heterocycles. The molecule has 0 atom stereocenters. The first-order chi connectivity index (χ1) is 15.0. The monoisotopic (exact) mass is 436 g/mol. The van der Waals surface area contributed by atoms with Crippen LogP contribution in [0.15, 0.2) is 73.1 Å². The lowest BCUT2D eigenvalue weighted by Gasteiger charge is -2.09. The van der Waals surface area contributed by atoms with Gasteiger partial charge in [0.25, 0.3) is 11.8 Å². The van der Waals surface area contributed by atoms with E-state index in [1.54, 1.807) is 73.1 Å². The zero-order valence-electron chi connectivity index (χ0n) is 16.6. The third-order valence-electron chi connectivity index (χ3n) is 4.32. The molecule has 0 saturated carbocycles. The van der Waals surface area contributed by atoms with E-state index in [-0.39, 0.29) is 24.1 Å². The molecule has 2 aromatic carbocycles. The van der Waals surface area contributed by atoms with Crippen LogP contribution in [-0.4, -0.2) is 29.3 Å². The van der Waals surface area contributed by atoms with Gasteiger partial charge >= 0.3 is 0 Å². The Morgan fingerprint density at radius 2 is 1.55 bits per heavy atom. The molecule has 0 saturated heterocycles. The maximum absolute atomic E-state index is 12.4. The molecule has 3 amide bonds. The maximum atomic E-state index is 12.4. The van der Waals surface area contributed by atoms with Crippen molar-refractivity contribution in [3.05, 3.63) is 89.2 Å². The van der Waals surface area contributed by atoms with Gasteiger partial charge in [0.15, 0.2) is 0 Å². The van der Waals surface area contributed by atoms with Gasteiger partial charge in [-0.25, -0.2) is 0 Å². The van der Waals surface area contributed by atoms with Crippen molar-refractivity contribution in [3.8, 4) is 0 Å². The third kappa shape index (κ3) is 6.94. The second-order valence-corrected chi connectivity index (χ2v) is 7.12. The van der Waals surface area contributed by atoms with Gasteiger partial charge in [-0.05, 0) is 61.0 Å². The van der Waals surface area contributed by atoms with E-state index in [1.807, 2.05) is 0 Å². The molecule has 0 unspecified atom stereocenters. The van der Waals surface area contributed by atoms with E-state index in [0.717, 1.165) is 0 Å². The fraction of sp³-hybridized carbons (Fsp3) is 0.130. The van der Waals surface area contributed by atoms with Crippen LogP contribution in [0.3, 0.4) is 0 Å². The predicted molar refractivity (Wildman–Crippen MR) is 120 cm³/mol. The van der Waals surface area contributed by atoms with E-state index in [1.165, 1.54) is 0 Å². The third-order valence-corrected chi connectivity index (χ3v) is 4.57. The molecule has 31 heavy (non-hydrogen) atoms. The van der Waals surface area contributed by atoms with Crippen LogP contribution >= 0.6 is 11.6 Å². The molecular formula is C23H21ClN4O3. The smallest absolute Gasteiger partial charge is 0.255 e. The number of hydrogen-bond acceptors (Lipinski definition) is 4. The number of benzene rings is 2. The summed E-state index contributed by atoms with van der Waals surface area (Å²) in [6.45, 7) is 0.364. The van der Waals surface area contributed by atoms with E-state index < -0.39 is 0 Å². The molecule has 0 bridgehead atoms. The first kappa shape index (κ1) is 22.0. The molecule has 0 aliphatic rings. The summed E-state index contributed by atoms with van der Waals surface area (Å²) >= 11 is 5.81. The summed E-state index contributed by atoms with van der Waals surface area (Å²) in [5.41, 5.74) is 2.09. The molecular weight excluding hydrogens is 416 g/mol. The highest BCUT2D eigenvalue weighted by Gasteiger charge is 2.09. The Bertz CT molecular complexity index is 1060. The van der Waals surface area contributed by atoms with Crippen LogP contribution in [0.4, 0.5) is 11.4 Å². The van der Waals surface area contributed by atoms with Gasteiger partial charge in [-0.2, -0.15) is 0 Å². The van der Waals surface area contributed by atoms with Crippen molar-refractivity contribution in [2.45, 2.75) is 12.8 Å².